The number of anilines is 1. The van der Waals surface area contributed by atoms with E-state index in [4.69, 9.17) is 0 Å². The van der Waals surface area contributed by atoms with Gasteiger partial charge < -0.3 is 10.3 Å². The van der Waals surface area contributed by atoms with Crippen LogP contribution in [0, 0.1) is 0 Å². The first kappa shape index (κ1) is 15.2. The summed E-state index contributed by atoms with van der Waals surface area (Å²) in [6.45, 7) is 0. The number of hydrogen-bond donors (Lipinski definition) is 2. The van der Waals surface area contributed by atoms with Crippen molar-refractivity contribution in [2.75, 3.05) is 5.32 Å². The highest BCUT2D eigenvalue weighted by atomic mass is 16.1. The van der Waals surface area contributed by atoms with Gasteiger partial charge in [0.2, 0.25) is 5.91 Å². The SMILES string of the molecule is O=C(Cc1ccccc1)Nc1ccc(-c2cc3ccccc3[nH]2)cc1. The molecule has 3 aromatic carbocycles. The predicted octanol–water partition coefficient (Wildman–Crippen LogP) is 5.02. The van der Waals surface area contributed by atoms with Gasteiger partial charge in [0, 0.05) is 22.3 Å². The van der Waals surface area contributed by atoms with E-state index in [1.54, 1.807) is 0 Å². The molecule has 0 aliphatic carbocycles. The minimum Gasteiger partial charge on any atom is -0.355 e. The predicted molar refractivity (Wildman–Crippen MR) is 103 cm³/mol. The molecule has 0 atom stereocenters. The van der Waals surface area contributed by atoms with Crippen LogP contribution in [-0.2, 0) is 11.2 Å². The van der Waals surface area contributed by atoms with E-state index >= 15 is 0 Å². The molecule has 1 heterocycles. The molecule has 4 aromatic rings. The summed E-state index contributed by atoms with van der Waals surface area (Å²) in [7, 11) is 0. The van der Waals surface area contributed by atoms with E-state index < -0.39 is 0 Å². The zero-order valence-corrected chi connectivity index (χ0v) is 13.7. The summed E-state index contributed by atoms with van der Waals surface area (Å²) in [5.41, 5.74) is 5.11. The lowest BCUT2D eigenvalue weighted by Crippen LogP contribution is -2.14. The van der Waals surface area contributed by atoms with Crippen LogP contribution in [0.5, 0.6) is 0 Å². The van der Waals surface area contributed by atoms with Crippen molar-refractivity contribution in [3.63, 3.8) is 0 Å². The van der Waals surface area contributed by atoms with Crippen molar-refractivity contribution in [1.29, 1.82) is 0 Å². The van der Waals surface area contributed by atoms with Crippen molar-refractivity contribution < 1.29 is 4.79 Å². The summed E-state index contributed by atoms with van der Waals surface area (Å²) in [6, 6.07) is 28.0. The molecule has 0 bridgehead atoms. The summed E-state index contributed by atoms with van der Waals surface area (Å²) in [5, 5.41) is 4.14. The van der Waals surface area contributed by atoms with Crippen molar-refractivity contribution in [3.05, 3.63) is 90.5 Å². The number of aromatic nitrogens is 1. The van der Waals surface area contributed by atoms with E-state index in [1.807, 2.05) is 66.7 Å². The van der Waals surface area contributed by atoms with Crippen LogP contribution in [0.25, 0.3) is 22.2 Å². The van der Waals surface area contributed by atoms with E-state index in [0.29, 0.717) is 6.42 Å². The van der Waals surface area contributed by atoms with Gasteiger partial charge in [-0.25, -0.2) is 0 Å². The second-order valence-corrected chi connectivity index (χ2v) is 6.06. The lowest BCUT2D eigenvalue weighted by molar-refractivity contribution is -0.115. The van der Waals surface area contributed by atoms with Crippen LogP contribution >= 0.6 is 0 Å². The highest BCUT2D eigenvalue weighted by molar-refractivity contribution is 5.92. The number of aromatic amines is 1. The Bertz CT molecular complexity index is 968. The Morgan fingerprint density at radius 3 is 2.32 bits per heavy atom. The number of hydrogen-bond acceptors (Lipinski definition) is 1. The third-order valence-corrected chi connectivity index (χ3v) is 4.22. The van der Waals surface area contributed by atoms with Crippen LogP contribution in [0.4, 0.5) is 5.69 Å². The minimum atomic E-state index is -0.00966. The van der Waals surface area contributed by atoms with Crippen LogP contribution in [0.15, 0.2) is 84.9 Å². The fourth-order valence-corrected chi connectivity index (χ4v) is 2.95. The summed E-state index contributed by atoms with van der Waals surface area (Å²) in [4.78, 5) is 15.6. The first-order chi connectivity index (χ1) is 12.3. The molecule has 4 rings (SSSR count). The van der Waals surface area contributed by atoms with Crippen molar-refractivity contribution in [2.24, 2.45) is 0 Å². The Morgan fingerprint density at radius 1 is 0.840 bits per heavy atom. The van der Waals surface area contributed by atoms with E-state index in [1.165, 1.54) is 5.39 Å². The fraction of sp³-hybridized carbons (Fsp3) is 0.0455. The Hall–Kier alpha value is -3.33. The molecule has 3 heteroatoms. The van der Waals surface area contributed by atoms with Crippen molar-refractivity contribution >= 4 is 22.5 Å². The smallest absolute Gasteiger partial charge is 0.228 e. The summed E-state index contributed by atoms with van der Waals surface area (Å²) in [5.74, 6) is -0.00966. The quantitative estimate of drug-likeness (QED) is 0.543. The highest BCUT2D eigenvalue weighted by Gasteiger charge is 2.06. The van der Waals surface area contributed by atoms with E-state index in [0.717, 1.165) is 28.0 Å². The van der Waals surface area contributed by atoms with Crippen LogP contribution in [0.3, 0.4) is 0 Å². The van der Waals surface area contributed by atoms with Crippen LogP contribution in [-0.4, -0.2) is 10.9 Å². The lowest BCUT2D eigenvalue weighted by Gasteiger charge is -2.06. The number of H-pyrrole nitrogens is 1. The molecule has 25 heavy (non-hydrogen) atoms. The molecule has 0 spiro atoms. The van der Waals surface area contributed by atoms with Gasteiger partial charge in [0.15, 0.2) is 0 Å². The number of para-hydroxylation sites is 1. The van der Waals surface area contributed by atoms with Crippen molar-refractivity contribution in [1.82, 2.24) is 4.98 Å². The first-order valence-corrected chi connectivity index (χ1v) is 8.30. The molecular weight excluding hydrogens is 308 g/mol. The highest BCUT2D eigenvalue weighted by Crippen LogP contribution is 2.25. The molecule has 1 amide bonds. The molecule has 3 nitrogen and oxygen atoms in total. The molecule has 2 N–H and O–H groups in total. The lowest BCUT2D eigenvalue weighted by atomic mass is 10.1. The van der Waals surface area contributed by atoms with Crippen LogP contribution < -0.4 is 5.32 Å². The van der Waals surface area contributed by atoms with Crippen LogP contribution in [0.2, 0.25) is 0 Å². The molecule has 122 valence electrons. The molecule has 1 aromatic heterocycles. The van der Waals surface area contributed by atoms with Gasteiger partial charge in [0.1, 0.15) is 0 Å². The maximum Gasteiger partial charge on any atom is 0.228 e. The maximum atomic E-state index is 12.1. The first-order valence-electron chi connectivity index (χ1n) is 8.30. The van der Waals surface area contributed by atoms with Gasteiger partial charge in [0.05, 0.1) is 6.42 Å². The Kier molecular flexibility index (Phi) is 4.05. The largest absolute Gasteiger partial charge is 0.355 e. The number of amides is 1. The molecule has 0 saturated heterocycles. The molecule has 0 aliphatic heterocycles. The Labute approximate surface area is 146 Å². The zero-order valence-electron chi connectivity index (χ0n) is 13.7. The van der Waals surface area contributed by atoms with Gasteiger partial charge in [-0.1, -0.05) is 60.7 Å². The molecule has 0 fully saturated rings. The van der Waals surface area contributed by atoms with E-state index in [-0.39, 0.29) is 5.91 Å². The third kappa shape index (κ3) is 3.45. The second-order valence-electron chi connectivity index (χ2n) is 6.06. The van der Waals surface area contributed by atoms with Gasteiger partial charge in [-0.3, -0.25) is 4.79 Å². The average molecular weight is 326 g/mol. The molecular formula is C22H18N2O. The molecule has 0 aliphatic rings. The summed E-state index contributed by atoms with van der Waals surface area (Å²) in [6.07, 6.45) is 0.380. The van der Waals surface area contributed by atoms with Gasteiger partial charge in [0.25, 0.3) is 0 Å². The summed E-state index contributed by atoms with van der Waals surface area (Å²) < 4.78 is 0. The normalized spacial score (nSPS) is 10.7. The van der Waals surface area contributed by atoms with Gasteiger partial charge in [-0.15, -0.1) is 0 Å². The van der Waals surface area contributed by atoms with Gasteiger partial charge >= 0.3 is 0 Å². The van der Waals surface area contributed by atoms with Crippen molar-refractivity contribution in [3.8, 4) is 11.3 Å². The van der Waals surface area contributed by atoms with Gasteiger partial charge in [-0.2, -0.15) is 0 Å². The number of carbonyl (C=O) groups excluding carboxylic acids is 1. The minimum absolute atomic E-state index is 0.00966. The van der Waals surface area contributed by atoms with Gasteiger partial charge in [-0.05, 0) is 35.4 Å². The van der Waals surface area contributed by atoms with Crippen LogP contribution in [0.1, 0.15) is 5.56 Å². The number of benzene rings is 3. The van der Waals surface area contributed by atoms with E-state index in [9.17, 15) is 4.79 Å². The van der Waals surface area contributed by atoms with Crippen molar-refractivity contribution in [2.45, 2.75) is 6.42 Å². The molecule has 0 saturated carbocycles. The number of carbonyl (C=O) groups is 1. The molecule has 0 radical (unpaired) electrons. The average Bonchev–Trinajstić information content (AvgIpc) is 3.07. The zero-order chi connectivity index (χ0) is 17.1. The third-order valence-electron chi connectivity index (χ3n) is 4.22. The topological polar surface area (TPSA) is 44.9 Å². The maximum absolute atomic E-state index is 12.1. The summed E-state index contributed by atoms with van der Waals surface area (Å²) >= 11 is 0. The second kappa shape index (κ2) is 6.65. The van der Waals surface area contributed by atoms with E-state index in [2.05, 4.69) is 28.5 Å². The number of rotatable bonds is 4. The number of nitrogens with one attached hydrogen (secondary N) is 2. The molecule has 0 unspecified atom stereocenters. The standard InChI is InChI=1S/C22H18N2O/c25-22(14-16-6-2-1-3-7-16)23-19-12-10-17(11-13-19)21-15-18-8-4-5-9-20(18)24-21/h1-13,15,24H,14H2,(H,23,25). The Balaban J connectivity index is 1.47. The fourth-order valence-electron chi connectivity index (χ4n) is 2.95. The monoisotopic (exact) mass is 326 g/mol. The number of fused-ring (bicyclic) bond motifs is 1. The Morgan fingerprint density at radius 2 is 1.56 bits per heavy atom.